The highest BCUT2D eigenvalue weighted by molar-refractivity contribution is 5.85. The van der Waals surface area contributed by atoms with Gasteiger partial charge in [0.2, 0.25) is 0 Å². The molecule has 2 N–H and O–H groups in total. The lowest BCUT2D eigenvalue weighted by molar-refractivity contribution is -0.146. The number of rotatable bonds is 4. The van der Waals surface area contributed by atoms with E-state index in [0.29, 0.717) is 0 Å². The summed E-state index contributed by atoms with van der Waals surface area (Å²) in [4.78, 5) is 24.5. The highest BCUT2D eigenvalue weighted by Gasteiger charge is 2.35. The summed E-state index contributed by atoms with van der Waals surface area (Å²) in [5, 5.41) is 12.0. The fraction of sp³-hybridized carbons (Fsp3) is 0.467. The molecule has 0 spiro atoms. The number of amides is 2. The summed E-state index contributed by atoms with van der Waals surface area (Å²) in [6, 6.07) is 7.18. The summed E-state index contributed by atoms with van der Waals surface area (Å²) in [5.41, 5.74) is 0.845. The van der Waals surface area contributed by atoms with Gasteiger partial charge in [-0.25, -0.2) is 9.59 Å². The molecule has 0 fully saturated rings. The van der Waals surface area contributed by atoms with Crippen molar-refractivity contribution in [3.63, 3.8) is 0 Å². The van der Waals surface area contributed by atoms with Gasteiger partial charge in [0.05, 0.1) is 6.04 Å². The summed E-state index contributed by atoms with van der Waals surface area (Å²) in [5.74, 6) is -1.04. The zero-order valence-electron chi connectivity index (χ0n) is 12.6. The van der Waals surface area contributed by atoms with Crippen molar-refractivity contribution in [2.75, 3.05) is 7.05 Å². The van der Waals surface area contributed by atoms with Crippen molar-refractivity contribution in [2.24, 2.45) is 0 Å². The van der Waals surface area contributed by atoms with Gasteiger partial charge in [-0.2, -0.15) is 0 Å². The standard InChI is InChI=1S/C15H22N2O3/c1-10-8-6-7-9-12(10)11(2)16-14(20)17(5)15(3,4)13(18)19/h6-9,11H,1-5H3,(H,16,20)(H,18,19). The molecule has 5 nitrogen and oxygen atoms in total. The Balaban J connectivity index is 2.81. The molecule has 1 aromatic carbocycles. The van der Waals surface area contributed by atoms with Crippen molar-refractivity contribution in [3.05, 3.63) is 35.4 Å². The van der Waals surface area contributed by atoms with Crippen molar-refractivity contribution in [2.45, 2.75) is 39.3 Å². The van der Waals surface area contributed by atoms with Gasteiger partial charge in [-0.3, -0.25) is 0 Å². The number of aliphatic carboxylic acids is 1. The second-order valence-electron chi connectivity index (χ2n) is 5.45. The van der Waals surface area contributed by atoms with Gasteiger partial charge in [-0.15, -0.1) is 0 Å². The van der Waals surface area contributed by atoms with Crippen LogP contribution < -0.4 is 5.32 Å². The van der Waals surface area contributed by atoms with Crippen molar-refractivity contribution >= 4 is 12.0 Å². The first-order valence-corrected chi connectivity index (χ1v) is 6.51. The number of hydrogen-bond acceptors (Lipinski definition) is 2. The molecule has 1 rings (SSSR count). The Morgan fingerprint density at radius 1 is 1.30 bits per heavy atom. The number of urea groups is 1. The second kappa shape index (κ2) is 5.94. The highest BCUT2D eigenvalue weighted by atomic mass is 16.4. The maximum Gasteiger partial charge on any atom is 0.329 e. The lowest BCUT2D eigenvalue weighted by Gasteiger charge is -2.32. The summed E-state index contributed by atoms with van der Waals surface area (Å²) in [7, 11) is 1.48. The van der Waals surface area contributed by atoms with Crippen molar-refractivity contribution in [1.82, 2.24) is 10.2 Å². The van der Waals surface area contributed by atoms with Crippen LogP contribution in [0.5, 0.6) is 0 Å². The monoisotopic (exact) mass is 278 g/mol. The number of likely N-dealkylation sites (N-methyl/N-ethyl adjacent to an activating group) is 1. The molecule has 5 heteroatoms. The molecule has 20 heavy (non-hydrogen) atoms. The van der Waals surface area contributed by atoms with E-state index in [9.17, 15) is 9.59 Å². The number of carbonyl (C=O) groups excluding carboxylic acids is 1. The lowest BCUT2D eigenvalue weighted by Crippen LogP contribution is -2.54. The van der Waals surface area contributed by atoms with Gasteiger partial charge in [0, 0.05) is 7.05 Å². The number of carbonyl (C=O) groups is 2. The molecule has 0 radical (unpaired) electrons. The number of carboxylic acids is 1. The van der Waals surface area contributed by atoms with Crippen LogP contribution in [0, 0.1) is 6.92 Å². The van der Waals surface area contributed by atoms with Crippen molar-refractivity contribution in [1.29, 1.82) is 0 Å². The van der Waals surface area contributed by atoms with Crippen LogP contribution in [0.15, 0.2) is 24.3 Å². The molecular formula is C15H22N2O3. The fourth-order valence-corrected chi connectivity index (χ4v) is 1.83. The quantitative estimate of drug-likeness (QED) is 0.889. The zero-order valence-corrected chi connectivity index (χ0v) is 12.6. The number of nitrogens with zero attached hydrogens (tertiary/aromatic N) is 1. The summed E-state index contributed by atoms with van der Waals surface area (Å²) >= 11 is 0. The van der Waals surface area contributed by atoms with Crippen LogP contribution in [0.4, 0.5) is 4.79 Å². The van der Waals surface area contributed by atoms with Gasteiger partial charge in [0.1, 0.15) is 5.54 Å². The van der Waals surface area contributed by atoms with Crippen LogP contribution in [-0.4, -0.2) is 34.6 Å². The third-order valence-electron chi connectivity index (χ3n) is 3.66. The van der Waals surface area contributed by atoms with E-state index in [1.165, 1.54) is 25.8 Å². The zero-order chi connectivity index (χ0) is 15.5. The average molecular weight is 278 g/mol. The van der Waals surface area contributed by atoms with Crippen LogP contribution in [0.1, 0.15) is 37.9 Å². The smallest absolute Gasteiger partial charge is 0.329 e. The van der Waals surface area contributed by atoms with E-state index in [-0.39, 0.29) is 6.04 Å². The highest BCUT2D eigenvalue weighted by Crippen LogP contribution is 2.18. The second-order valence-corrected chi connectivity index (χ2v) is 5.45. The molecule has 0 heterocycles. The fourth-order valence-electron chi connectivity index (χ4n) is 1.83. The largest absolute Gasteiger partial charge is 0.480 e. The van der Waals surface area contributed by atoms with Crippen LogP contribution in [0.2, 0.25) is 0 Å². The predicted molar refractivity (Wildman–Crippen MR) is 77.6 cm³/mol. The Labute approximate surface area is 119 Å². The molecule has 1 aromatic rings. The number of aryl methyl sites for hydroxylation is 1. The molecule has 110 valence electrons. The molecule has 0 aliphatic rings. The van der Waals surface area contributed by atoms with E-state index in [2.05, 4.69) is 5.32 Å². The number of carboxylic acid groups (broad SMARTS) is 1. The average Bonchev–Trinajstić information content (AvgIpc) is 2.37. The van der Waals surface area contributed by atoms with Gasteiger partial charge in [-0.1, -0.05) is 24.3 Å². The van der Waals surface area contributed by atoms with E-state index >= 15 is 0 Å². The minimum atomic E-state index is -1.25. The third-order valence-corrected chi connectivity index (χ3v) is 3.66. The molecular weight excluding hydrogens is 256 g/mol. The van der Waals surface area contributed by atoms with Crippen LogP contribution in [-0.2, 0) is 4.79 Å². The SMILES string of the molecule is Cc1ccccc1C(C)NC(=O)N(C)C(C)(C)C(=O)O. The first kappa shape index (κ1) is 16.0. The molecule has 0 bridgehead atoms. The number of benzene rings is 1. The first-order chi connectivity index (χ1) is 9.17. The summed E-state index contributed by atoms with van der Waals surface area (Å²) < 4.78 is 0. The van der Waals surface area contributed by atoms with Gasteiger partial charge in [0.15, 0.2) is 0 Å². The van der Waals surface area contributed by atoms with Gasteiger partial charge in [0.25, 0.3) is 0 Å². The Morgan fingerprint density at radius 3 is 2.35 bits per heavy atom. The minimum absolute atomic E-state index is 0.184. The molecule has 0 saturated heterocycles. The third kappa shape index (κ3) is 3.29. The molecule has 0 aliphatic carbocycles. The molecule has 0 aliphatic heterocycles. The van der Waals surface area contributed by atoms with E-state index in [0.717, 1.165) is 11.1 Å². The van der Waals surface area contributed by atoms with Gasteiger partial charge >= 0.3 is 12.0 Å². The maximum atomic E-state index is 12.1. The lowest BCUT2D eigenvalue weighted by atomic mass is 10.0. The summed E-state index contributed by atoms with van der Waals surface area (Å²) in [6.07, 6.45) is 0. The molecule has 0 aromatic heterocycles. The number of hydrogen-bond donors (Lipinski definition) is 2. The van der Waals surface area contributed by atoms with Crippen molar-refractivity contribution in [3.8, 4) is 0 Å². The van der Waals surface area contributed by atoms with E-state index in [1.807, 2.05) is 38.1 Å². The van der Waals surface area contributed by atoms with E-state index < -0.39 is 17.5 Å². The van der Waals surface area contributed by atoms with Crippen LogP contribution in [0.3, 0.4) is 0 Å². The molecule has 2 amide bonds. The Hall–Kier alpha value is -2.04. The van der Waals surface area contributed by atoms with Crippen molar-refractivity contribution < 1.29 is 14.7 Å². The van der Waals surface area contributed by atoms with Gasteiger partial charge < -0.3 is 15.3 Å². The Morgan fingerprint density at radius 2 is 1.85 bits per heavy atom. The topological polar surface area (TPSA) is 69.6 Å². The molecule has 0 saturated carbocycles. The Bertz CT molecular complexity index is 512. The molecule has 1 unspecified atom stereocenters. The number of nitrogens with one attached hydrogen (secondary N) is 1. The van der Waals surface area contributed by atoms with Crippen LogP contribution >= 0.6 is 0 Å². The normalized spacial score (nSPS) is 12.7. The van der Waals surface area contributed by atoms with Crippen LogP contribution in [0.25, 0.3) is 0 Å². The van der Waals surface area contributed by atoms with Gasteiger partial charge in [-0.05, 0) is 38.8 Å². The maximum absolute atomic E-state index is 12.1. The molecule has 1 atom stereocenters. The minimum Gasteiger partial charge on any atom is -0.480 e. The predicted octanol–water partition coefficient (Wildman–Crippen LogP) is 2.56. The first-order valence-electron chi connectivity index (χ1n) is 6.51. The Kier molecular flexibility index (Phi) is 4.76. The van der Waals surface area contributed by atoms with E-state index in [4.69, 9.17) is 5.11 Å². The summed E-state index contributed by atoms with van der Waals surface area (Å²) in [6.45, 7) is 6.84. The van der Waals surface area contributed by atoms with E-state index in [1.54, 1.807) is 0 Å².